The van der Waals surface area contributed by atoms with E-state index in [2.05, 4.69) is 69.3 Å². The Morgan fingerprint density at radius 3 is 1.40 bits per heavy atom. The van der Waals surface area contributed by atoms with Gasteiger partial charge in [0.05, 0.1) is 24.3 Å². The molecule has 6 atom stereocenters. The largest absolute Gasteiger partial charge is 0.511 e. The molecule has 0 amide bonds. The van der Waals surface area contributed by atoms with E-state index in [1.807, 2.05) is 36.9 Å². The maximum Gasteiger partial charge on any atom is 0.107 e. The second-order valence-electron chi connectivity index (χ2n) is 21.0. The Balaban J connectivity index is 0.000000170. The number of fused-ring (bicyclic) bond motifs is 2. The predicted molar refractivity (Wildman–Crippen MR) is 270 cm³/mol. The monoisotopic (exact) mass is 923 g/mol. The quantitative estimate of drug-likeness (QED) is 0.0655. The van der Waals surface area contributed by atoms with Crippen LogP contribution in [0.5, 0.6) is 0 Å². The zero-order valence-corrected chi connectivity index (χ0v) is 40.7. The first-order valence-electron chi connectivity index (χ1n) is 26.6. The fraction of sp³-hybridized carbons (Fsp3) is 0.586. The van der Waals surface area contributed by atoms with Crippen molar-refractivity contribution in [3.8, 4) is 0 Å². The third kappa shape index (κ3) is 12.3. The summed E-state index contributed by atoms with van der Waals surface area (Å²) in [4.78, 5) is 23.2. The molecule has 10 heteroatoms. The molecule has 4 aromatic rings. The number of aliphatic hydroxyl groups is 2. The van der Waals surface area contributed by atoms with Crippen LogP contribution >= 0.6 is 0 Å². The third-order valence-electron chi connectivity index (χ3n) is 16.3. The minimum absolute atomic E-state index is 0.180. The number of aryl methyl sites for hydroxylation is 2. The minimum Gasteiger partial charge on any atom is -0.511 e. The number of ether oxygens (including phenoxy) is 2. The van der Waals surface area contributed by atoms with Gasteiger partial charge in [-0.1, -0.05) is 63.1 Å². The van der Waals surface area contributed by atoms with E-state index in [4.69, 9.17) is 19.4 Å². The van der Waals surface area contributed by atoms with Crippen LogP contribution in [0.1, 0.15) is 172 Å². The van der Waals surface area contributed by atoms with Crippen LogP contribution in [0, 0.1) is 11.8 Å². The molecule has 2 saturated carbocycles. The number of rotatable bonds is 20. The van der Waals surface area contributed by atoms with Crippen LogP contribution in [0.4, 0.5) is 0 Å². The van der Waals surface area contributed by atoms with E-state index in [0.29, 0.717) is 11.8 Å². The number of nitrogens with zero attached hydrogens (tertiary/aromatic N) is 6. The molecule has 0 aromatic carbocycles. The maximum absolute atomic E-state index is 10.5. The highest BCUT2D eigenvalue weighted by Gasteiger charge is 2.37. The molecule has 10 rings (SSSR count). The Labute approximate surface area is 406 Å². The number of hydrogen-bond acceptors (Lipinski definition) is 10. The van der Waals surface area contributed by atoms with E-state index in [9.17, 15) is 10.2 Å². The van der Waals surface area contributed by atoms with Gasteiger partial charge in [0.1, 0.15) is 11.5 Å². The molecule has 0 unspecified atom stereocenters. The van der Waals surface area contributed by atoms with Crippen LogP contribution in [-0.2, 0) is 35.2 Å². The molecular weight excluding hydrogens is 845 g/mol. The molecule has 2 aliphatic heterocycles. The fourth-order valence-electron chi connectivity index (χ4n) is 12.1. The van der Waals surface area contributed by atoms with Crippen molar-refractivity contribution in [3.63, 3.8) is 0 Å². The second kappa shape index (κ2) is 23.9. The summed E-state index contributed by atoms with van der Waals surface area (Å²) in [5.74, 6) is 3.04. The van der Waals surface area contributed by atoms with Crippen LogP contribution in [0.25, 0.3) is 0 Å². The van der Waals surface area contributed by atoms with Crippen molar-refractivity contribution < 1.29 is 19.7 Å². The molecule has 10 nitrogen and oxygen atoms in total. The van der Waals surface area contributed by atoms with Crippen LogP contribution < -0.4 is 0 Å². The van der Waals surface area contributed by atoms with Crippen LogP contribution in [0.3, 0.4) is 0 Å². The summed E-state index contributed by atoms with van der Waals surface area (Å²) in [6.45, 7) is 13.0. The van der Waals surface area contributed by atoms with Gasteiger partial charge in [-0.3, -0.25) is 29.7 Å². The summed E-state index contributed by atoms with van der Waals surface area (Å²) >= 11 is 0. The third-order valence-corrected chi connectivity index (χ3v) is 16.3. The molecule has 0 spiro atoms. The van der Waals surface area contributed by atoms with Gasteiger partial charge in [0.2, 0.25) is 0 Å². The van der Waals surface area contributed by atoms with E-state index in [0.717, 1.165) is 112 Å². The van der Waals surface area contributed by atoms with Crippen molar-refractivity contribution in [1.29, 1.82) is 0 Å². The standard InChI is InChI=1S/2C29H39N3O2/c2*1-21(33)29(26-11-6-16-31-28(26)24-8-4-9-24)32-17-14-25(20-32)34-18-3-2-7-22-12-13-23-10-5-15-30-27(23)19-22/h2*5-6,10-11,15-16,22,24-25,29,33H,1-4,7-9,12-14,17-20H2/t22-,25-,29+;22-,25-,29-/m11/s1. The molecular formula is C58H78N6O4. The van der Waals surface area contributed by atoms with E-state index in [-0.39, 0.29) is 35.8 Å². The lowest BCUT2D eigenvalue weighted by Gasteiger charge is -2.32. The summed E-state index contributed by atoms with van der Waals surface area (Å²) in [6, 6.07) is 16.4. The molecule has 2 saturated heterocycles. The van der Waals surface area contributed by atoms with Gasteiger partial charge in [0.15, 0.2) is 0 Å². The van der Waals surface area contributed by atoms with Crippen molar-refractivity contribution >= 4 is 0 Å². The lowest BCUT2D eigenvalue weighted by molar-refractivity contribution is 0.0513. The Hall–Kier alpha value is -4.48. The van der Waals surface area contributed by atoms with Gasteiger partial charge in [-0.2, -0.15) is 0 Å². The zero-order chi connectivity index (χ0) is 46.7. The minimum atomic E-state index is -0.180. The number of pyridine rings is 4. The Morgan fingerprint density at radius 1 is 0.559 bits per heavy atom. The molecule has 68 heavy (non-hydrogen) atoms. The first-order valence-corrected chi connectivity index (χ1v) is 26.6. The number of aromatic nitrogens is 4. The van der Waals surface area contributed by atoms with Gasteiger partial charge in [-0.25, -0.2) is 0 Å². The normalized spacial score (nSPS) is 23.9. The SMILES string of the molecule is C=C(O)[C@@H](c1cccnc1C1CCC1)N1CC[C@@H](OCCCC[C@@H]2CCc3cccnc3C2)C1.C=C(O)[C@H](c1cccnc1C1CCC1)N1CC[C@@H](OCCCC[C@@H]2CCc3cccnc3C2)C1. The number of aliphatic hydroxyl groups excluding tert-OH is 2. The van der Waals surface area contributed by atoms with Crippen LogP contribution in [0.2, 0.25) is 0 Å². The van der Waals surface area contributed by atoms with Gasteiger partial charge >= 0.3 is 0 Å². The number of unbranched alkanes of at least 4 members (excludes halogenated alkanes) is 2. The number of likely N-dealkylation sites (tertiary alicyclic amines) is 2. The van der Waals surface area contributed by atoms with Crippen molar-refractivity contribution in [1.82, 2.24) is 29.7 Å². The highest BCUT2D eigenvalue weighted by Crippen LogP contribution is 2.43. The second-order valence-corrected chi connectivity index (χ2v) is 21.0. The molecule has 4 aromatic heterocycles. The first-order chi connectivity index (χ1) is 33.4. The van der Waals surface area contributed by atoms with Gasteiger partial charge in [-0.05, 0) is 161 Å². The maximum atomic E-state index is 10.5. The molecule has 0 radical (unpaired) electrons. The predicted octanol–water partition coefficient (Wildman–Crippen LogP) is 11.8. The molecule has 4 aliphatic carbocycles. The van der Waals surface area contributed by atoms with Gasteiger partial charge < -0.3 is 19.7 Å². The molecule has 2 N–H and O–H groups in total. The Kier molecular flexibility index (Phi) is 17.1. The first kappa shape index (κ1) is 48.5. The van der Waals surface area contributed by atoms with Gasteiger partial charge in [0, 0.05) is 98.8 Å². The van der Waals surface area contributed by atoms with Crippen molar-refractivity contribution in [2.75, 3.05) is 39.4 Å². The average Bonchev–Trinajstić information content (AvgIpc) is 3.99. The lowest BCUT2D eigenvalue weighted by atomic mass is 9.79. The van der Waals surface area contributed by atoms with Crippen molar-refractivity contribution in [2.45, 2.75) is 165 Å². The van der Waals surface area contributed by atoms with Crippen molar-refractivity contribution in [3.05, 3.63) is 143 Å². The average molecular weight is 923 g/mol. The number of hydrogen-bond donors (Lipinski definition) is 2. The smallest absolute Gasteiger partial charge is 0.107 e. The summed E-state index contributed by atoms with van der Waals surface area (Å²) in [6.07, 6.45) is 31.9. The highest BCUT2D eigenvalue weighted by atomic mass is 16.5. The Morgan fingerprint density at radius 2 is 0.985 bits per heavy atom. The topological polar surface area (TPSA) is 117 Å². The lowest BCUT2D eigenvalue weighted by Crippen LogP contribution is -2.31. The van der Waals surface area contributed by atoms with Crippen molar-refractivity contribution in [2.24, 2.45) is 11.8 Å². The Bertz CT molecular complexity index is 2100. The molecule has 4 fully saturated rings. The van der Waals surface area contributed by atoms with E-state index in [1.165, 1.54) is 112 Å². The molecule has 6 heterocycles. The molecule has 6 aliphatic rings. The van der Waals surface area contributed by atoms with E-state index >= 15 is 0 Å². The summed E-state index contributed by atoms with van der Waals surface area (Å²) in [5.41, 5.74) is 10.1. The van der Waals surface area contributed by atoms with Gasteiger partial charge in [0.25, 0.3) is 0 Å². The van der Waals surface area contributed by atoms with E-state index < -0.39 is 0 Å². The van der Waals surface area contributed by atoms with Gasteiger partial charge in [-0.15, -0.1) is 0 Å². The summed E-state index contributed by atoms with van der Waals surface area (Å²) in [7, 11) is 0. The summed E-state index contributed by atoms with van der Waals surface area (Å²) < 4.78 is 12.5. The van der Waals surface area contributed by atoms with Crippen LogP contribution in [-0.4, -0.2) is 91.5 Å². The van der Waals surface area contributed by atoms with Crippen LogP contribution in [0.15, 0.2) is 98.0 Å². The fourth-order valence-corrected chi connectivity index (χ4v) is 12.1. The van der Waals surface area contributed by atoms with E-state index in [1.54, 1.807) is 0 Å². The molecule has 0 bridgehead atoms. The zero-order valence-electron chi connectivity index (χ0n) is 40.7. The summed E-state index contributed by atoms with van der Waals surface area (Å²) in [5, 5.41) is 21.1. The highest BCUT2D eigenvalue weighted by molar-refractivity contribution is 5.34. The molecule has 364 valence electrons.